The van der Waals surface area contributed by atoms with Gasteiger partial charge in [0.1, 0.15) is 17.0 Å². The number of nitrogens with one attached hydrogen (secondary N) is 1. The molecule has 3 aromatic rings. The number of aromatic nitrogens is 2. The third-order valence-corrected chi connectivity index (χ3v) is 6.44. The highest BCUT2D eigenvalue weighted by atomic mass is 32.1. The van der Waals surface area contributed by atoms with Crippen molar-refractivity contribution in [2.24, 2.45) is 0 Å². The first kappa shape index (κ1) is 22.3. The van der Waals surface area contributed by atoms with E-state index in [-0.39, 0.29) is 4.88 Å². The van der Waals surface area contributed by atoms with Gasteiger partial charge in [0.15, 0.2) is 0 Å². The Morgan fingerprint density at radius 1 is 1.09 bits per heavy atom. The molecule has 10 heteroatoms. The number of halogens is 3. The third kappa shape index (κ3) is 5.66. The van der Waals surface area contributed by atoms with Gasteiger partial charge in [-0.3, -0.25) is 4.90 Å². The maximum Gasteiger partial charge on any atom is 0.393 e. The Morgan fingerprint density at radius 3 is 2.53 bits per heavy atom. The molecule has 32 heavy (non-hydrogen) atoms. The lowest BCUT2D eigenvalue weighted by Gasteiger charge is -2.35. The summed E-state index contributed by atoms with van der Waals surface area (Å²) in [6.45, 7) is 5.11. The predicted octanol–water partition coefficient (Wildman–Crippen LogP) is 4.29. The van der Waals surface area contributed by atoms with Crippen LogP contribution in [0.1, 0.15) is 16.9 Å². The van der Waals surface area contributed by atoms with E-state index in [1.165, 1.54) is 6.33 Å². The van der Waals surface area contributed by atoms with Crippen molar-refractivity contribution in [1.82, 2.24) is 14.9 Å². The topological polar surface area (TPSA) is 68.1 Å². The Hall–Kier alpha value is -2.90. The second kappa shape index (κ2) is 9.71. The number of piperazine rings is 1. The monoisotopic (exact) mass is 460 g/mol. The van der Waals surface area contributed by atoms with Crippen molar-refractivity contribution >= 4 is 33.1 Å². The lowest BCUT2D eigenvalue weighted by molar-refractivity contribution is -0.126. The molecule has 0 spiro atoms. The Kier molecular flexibility index (Phi) is 6.77. The maximum atomic E-state index is 12.8. The molecule has 2 aromatic heterocycles. The van der Waals surface area contributed by atoms with E-state index in [4.69, 9.17) is 5.26 Å². The van der Waals surface area contributed by atoms with Crippen molar-refractivity contribution in [2.75, 3.05) is 49.5 Å². The molecule has 4 rings (SSSR count). The van der Waals surface area contributed by atoms with Crippen molar-refractivity contribution in [1.29, 1.82) is 5.26 Å². The number of fused-ring (bicyclic) bond motifs is 1. The van der Waals surface area contributed by atoms with Crippen LogP contribution in [0.4, 0.5) is 24.7 Å². The summed E-state index contributed by atoms with van der Waals surface area (Å²) in [4.78, 5) is 13.9. The summed E-state index contributed by atoms with van der Waals surface area (Å²) >= 11 is 1.09. The minimum absolute atomic E-state index is 0.266. The Bertz CT molecular complexity index is 1080. The first-order valence-corrected chi connectivity index (χ1v) is 11.2. The van der Waals surface area contributed by atoms with E-state index in [0.29, 0.717) is 15.8 Å². The number of nitrogens with zero attached hydrogens (tertiary/aromatic N) is 5. The number of benzene rings is 1. The van der Waals surface area contributed by atoms with Crippen LogP contribution in [0.5, 0.6) is 0 Å². The van der Waals surface area contributed by atoms with Crippen molar-refractivity contribution in [2.45, 2.75) is 19.0 Å². The lowest BCUT2D eigenvalue weighted by atomic mass is 10.2. The number of hydrogen-bond donors (Lipinski definition) is 1. The number of anilines is 2. The molecule has 1 aliphatic heterocycles. The van der Waals surface area contributed by atoms with Gasteiger partial charge in [0.25, 0.3) is 0 Å². The van der Waals surface area contributed by atoms with Crippen LogP contribution in [0.15, 0.2) is 36.7 Å². The van der Waals surface area contributed by atoms with E-state index in [1.807, 2.05) is 12.1 Å². The predicted molar refractivity (Wildman–Crippen MR) is 120 cm³/mol. The molecule has 1 saturated heterocycles. The van der Waals surface area contributed by atoms with Crippen LogP contribution >= 0.6 is 11.3 Å². The fourth-order valence-corrected chi connectivity index (χ4v) is 4.83. The second-order valence-corrected chi connectivity index (χ2v) is 8.83. The molecule has 1 aliphatic rings. The standard InChI is InChI=1S/C22H23F3N6S/c23-22(24,25)13-18-12-19-20(28-15-29-21(19)32-18)31-10-8-30(9-11-31)7-1-6-27-17-4-2-16(14-26)3-5-17/h2-5,12,15,27H,1,6-11,13H2. The fraction of sp³-hybridized carbons (Fsp3) is 0.409. The van der Waals surface area contributed by atoms with Gasteiger partial charge in [-0.15, -0.1) is 11.3 Å². The number of thiophene rings is 1. The highest BCUT2D eigenvalue weighted by molar-refractivity contribution is 7.18. The van der Waals surface area contributed by atoms with Crippen LogP contribution in [0.2, 0.25) is 0 Å². The number of alkyl halides is 3. The van der Waals surface area contributed by atoms with Crippen LogP contribution in [0.25, 0.3) is 10.2 Å². The first-order chi connectivity index (χ1) is 15.4. The zero-order valence-electron chi connectivity index (χ0n) is 17.4. The van der Waals surface area contributed by atoms with Crippen molar-refractivity contribution < 1.29 is 13.2 Å². The van der Waals surface area contributed by atoms with Gasteiger partial charge in [0, 0.05) is 43.3 Å². The zero-order chi connectivity index (χ0) is 22.6. The van der Waals surface area contributed by atoms with Crippen LogP contribution in [0, 0.1) is 11.3 Å². The average molecular weight is 461 g/mol. The summed E-state index contributed by atoms with van der Waals surface area (Å²) in [6, 6.07) is 11.1. The maximum absolute atomic E-state index is 12.8. The average Bonchev–Trinajstić information content (AvgIpc) is 3.18. The lowest BCUT2D eigenvalue weighted by Crippen LogP contribution is -2.47. The Labute approximate surface area is 188 Å². The number of rotatable bonds is 7. The van der Waals surface area contributed by atoms with Gasteiger partial charge in [0.2, 0.25) is 0 Å². The molecule has 1 aromatic carbocycles. The Morgan fingerprint density at radius 2 is 1.84 bits per heavy atom. The summed E-state index contributed by atoms with van der Waals surface area (Å²) in [5, 5.41) is 12.9. The van der Waals surface area contributed by atoms with Crippen molar-refractivity contribution in [3.63, 3.8) is 0 Å². The van der Waals surface area contributed by atoms with E-state index in [9.17, 15) is 13.2 Å². The second-order valence-electron chi connectivity index (χ2n) is 7.72. The fourth-order valence-electron chi connectivity index (χ4n) is 3.81. The molecule has 6 nitrogen and oxygen atoms in total. The minimum Gasteiger partial charge on any atom is -0.385 e. The molecule has 0 bridgehead atoms. The Balaban J connectivity index is 1.27. The summed E-state index contributed by atoms with van der Waals surface area (Å²) < 4.78 is 38.3. The molecule has 168 valence electrons. The van der Waals surface area contributed by atoms with Crippen LogP contribution in [0.3, 0.4) is 0 Å². The van der Waals surface area contributed by atoms with E-state index < -0.39 is 12.6 Å². The smallest absolute Gasteiger partial charge is 0.385 e. The SMILES string of the molecule is N#Cc1ccc(NCCCN2CCN(c3ncnc4sc(CC(F)(F)F)cc34)CC2)cc1. The summed E-state index contributed by atoms with van der Waals surface area (Å²) in [5.41, 5.74) is 1.65. The van der Waals surface area contributed by atoms with Crippen molar-refractivity contribution in [3.05, 3.63) is 47.1 Å². The molecule has 0 saturated carbocycles. The van der Waals surface area contributed by atoms with Gasteiger partial charge < -0.3 is 10.2 Å². The summed E-state index contributed by atoms with van der Waals surface area (Å²) in [5.74, 6) is 0.724. The highest BCUT2D eigenvalue weighted by Gasteiger charge is 2.29. The van der Waals surface area contributed by atoms with E-state index in [1.54, 1.807) is 18.2 Å². The molecule has 0 unspecified atom stereocenters. The molecule has 1 N–H and O–H groups in total. The molecule has 0 radical (unpaired) electrons. The number of hydrogen-bond acceptors (Lipinski definition) is 7. The largest absolute Gasteiger partial charge is 0.393 e. The van der Waals surface area contributed by atoms with Gasteiger partial charge in [-0.1, -0.05) is 0 Å². The minimum atomic E-state index is -4.23. The normalized spacial score (nSPS) is 15.1. The van der Waals surface area contributed by atoms with E-state index in [0.717, 1.165) is 68.5 Å². The van der Waals surface area contributed by atoms with Crippen molar-refractivity contribution in [3.8, 4) is 6.07 Å². The number of nitriles is 1. The van der Waals surface area contributed by atoms with E-state index in [2.05, 4.69) is 31.2 Å². The summed E-state index contributed by atoms with van der Waals surface area (Å²) in [6.07, 6.45) is -2.73. The molecule has 0 amide bonds. The molecular weight excluding hydrogens is 437 g/mol. The van der Waals surface area contributed by atoms with Gasteiger partial charge in [-0.25, -0.2) is 9.97 Å². The van der Waals surface area contributed by atoms with Crippen LogP contribution in [-0.4, -0.2) is 60.3 Å². The molecule has 0 aliphatic carbocycles. The molecular formula is C22H23F3N6S. The van der Waals surface area contributed by atoms with Gasteiger partial charge in [-0.2, -0.15) is 18.4 Å². The first-order valence-electron chi connectivity index (χ1n) is 10.4. The quantitative estimate of drug-likeness (QED) is 0.531. The molecule has 0 atom stereocenters. The van der Waals surface area contributed by atoms with Gasteiger partial charge >= 0.3 is 6.18 Å². The van der Waals surface area contributed by atoms with Crippen LogP contribution < -0.4 is 10.2 Å². The zero-order valence-corrected chi connectivity index (χ0v) is 18.2. The van der Waals surface area contributed by atoms with Gasteiger partial charge in [0.05, 0.1) is 23.4 Å². The van der Waals surface area contributed by atoms with Gasteiger partial charge in [-0.05, 0) is 43.3 Å². The highest BCUT2D eigenvalue weighted by Crippen LogP contribution is 2.34. The summed E-state index contributed by atoms with van der Waals surface area (Å²) in [7, 11) is 0. The van der Waals surface area contributed by atoms with Crippen LogP contribution in [-0.2, 0) is 6.42 Å². The molecule has 1 fully saturated rings. The third-order valence-electron chi connectivity index (χ3n) is 5.40. The molecule has 3 heterocycles. The van der Waals surface area contributed by atoms with E-state index >= 15 is 0 Å².